The minimum absolute atomic E-state index is 0.0659. The highest BCUT2D eigenvalue weighted by atomic mass is 16.4. The van der Waals surface area contributed by atoms with E-state index in [0.29, 0.717) is 31.8 Å². The molecule has 11 nitrogen and oxygen atoms in total. The molecule has 0 aromatic rings. The molecule has 1 amide bonds. The quantitative estimate of drug-likeness (QED) is 0.117. The van der Waals surface area contributed by atoms with Crippen LogP contribution in [0.15, 0.2) is 9.98 Å². The van der Waals surface area contributed by atoms with Crippen LogP contribution >= 0.6 is 0 Å². The van der Waals surface area contributed by atoms with E-state index in [1.807, 2.05) is 0 Å². The molecule has 0 unspecified atom stereocenters. The van der Waals surface area contributed by atoms with Crippen LogP contribution in [0.3, 0.4) is 0 Å². The molecule has 0 spiro atoms. The van der Waals surface area contributed by atoms with Gasteiger partial charge in [0.05, 0.1) is 23.8 Å². The summed E-state index contributed by atoms with van der Waals surface area (Å²) < 4.78 is 0. The van der Waals surface area contributed by atoms with Gasteiger partial charge >= 0.3 is 5.97 Å². The summed E-state index contributed by atoms with van der Waals surface area (Å²) in [5.41, 5.74) is 21.5. The lowest BCUT2D eigenvalue weighted by Crippen LogP contribution is -2.47. The smallest absolute Gasteiger partial charge is 0.306 e. The van der Waals surface area contributed by atoms with E-state index >= 15 is 0 Å². The third kappa shape index (κ3) is 11.8. The predicted molar refractivity (Wildman–Crippen MR) is 108 cm³/mol. The average Bonchev–Trinajstić information content (AvgIpc) is 2.58. The van der Waals surface area contributed by atoms with E-state index in [4.69, 9.17) is 22.9 Å². The van der Waals surface area contributed by atoms with Gasteiger partial charge in [-0.2, -0.15) is 0 Å². The zero-order chi connectivity index (χ0) is 21.7. The van der Waals surface area contributed by atoms with E-state index in [2.05, 4.69) is 15.3 Å². The van der Waals surface area contributed by atoms with Gasteiger partial charge in [-0.3, -0.25) is 24.4 Å². The molecule has 0 aromatic heterocycles. The molecule has 0 fully saturated rings. The van der Waals surface area contributed by atoms with Crippen molar-refractivity contribution in [3.63, 3.8) is 0 Å². The summed E-state index contributed by atoms with van der Waals surface area (Å²) in [6.07, 6.45) is 1.28. The standard InChI is InChI=1S/C17H33N7O4/c1-10(18)15(26)24-13(6-4-8-23-17(20)21)14(25)9-12(16(27)28)5-3-7-22-11(2)19/h10,12-13H,3-9,18H2,1-2H3,(H2,19,22)(H,24,26)(H,27,28)(H4,20,21,23)/t10-,12+,13+/m0/s1. The molecule has 160 valence electrons. The predicted octanol–water partition coefficient (Wildman–Crippen LogP) is -1.31. The number of amides is 1. The summed E-state index contributed by atoms with van der Waals surface area (Å²) in [5, 5.41) is 12.0. The number of carboxylic acid groups (broad SMARTS) is 1. The molecule has 0 heterocycles. The Labute approximate surface area is 165 Å². The van der Waals surface area contributed by atoms with Gasteiger partial charge < -0.3 is 33.4 Å². The van der Waals surface area contributed by atoms with Gasteiger partial charge in [-0.05, 0) is 39.5 Å². The number of carboxylic acids is 1. The van der Waals surface area contributed by atoms with E-state index in [-0.39, 0.29) is 31.0 Å². The minimum Gasteiger partial charge on any atom is -0.481 e. The molecular formula is C17H33N7O4. The highest BCUT2D eigenvalue weighted by Crippen LogP contribution is 2.15. The summed E-state index contributed by atoms with van der Waals surface area (Å²) in [5.74, 6) is -2.44. The van der Waals surface area contributed by atoms with Crippen molar-refractivity contribution in [3.8, 4) is 0 Å². The Morgan fingerprint density at radius 2 is 1.61 bits per heavy atom. The first-order valence-electron chi connectivity index (χ1n) is 9.18. The zero-order valence-corrected chi connectivity index (χ0v) is 16.6. The third-order valence-corrected chi connectivity index (χ3v) is 3.93. The van der Waals surface area contributed by atoms with Gasteiger partial charge in [0.15, 0.2) is 11.7 Å². The van der Waals surface area contributed by atoms with Gasteiger partial charge in [-0.15, -0.1) is 0 Å². The number of nitrogens with two attached hydrogens (primary N) is 4. The number of guanidine groups is 1. The first kappa shape index (κ1) is 25.3. The van der Waals surface area contributed by atoms with E-state index in [9.17, 15) is 19.5 Å². The van der Waals surface area contributed by atoms with Crippen LogP contribution in [0.25, 0.3) is 0 Å². The summed E-state index contributed by atoms with van der Waals surface area (Å²) in [6.45, 7) is 3.82. The molecule has 28 heavy (non-hydrogen) atoms. The number of hydrogen-bond donors (Lipinski definition) is 6. The number of carbonyl (C=O) groups excluding carboxylic acids is 2. The molecule has 0 rings (SSSR count). The van der Waals surface area contributed by atoms with Crippen LogP contribution in [0.2, 0.25) is 0 Å². The van der Waals surface area contributed by atoms with Gasteiger partial charge in [0.2, 0.25) is 5.91 Å². The highest BCUT2D eigenvalue weighted by Gasteiger charge is 2.27. The van der Waals surface area contributed by atoms with E-state index < -0.39 is 29.9 Å². The number of aliphatic imine (C=N–C) groups is 2. The highest BCUT2D eigenvalue weighted by molar-refractivity contribution is 5.92. The van der Waals surface area contributed by atoms with Crippen LogP contribution in [0.1, 0.15) is 46.0 Å². The van der Waals surface area contributed by atoms with Gasteiger partial charge in [-0.1, -0.05) is 0 Å². The van der Waals surface area contributed by atoms with Crippen molar-refractivity contribution in [2.75, 3.05) is 13.1 Å². The average molecular weight is 399 g/mol. The van der Waals surface area contributed by atoms with Crippen LogP contribution in [0.4, 0.5) is 0 Å². The van der Waals surface area contributed by atoms with Crippen LogP contribution in [0.5, 0.6) is 0 Å². The number of aliphatic carboxylic acids is 1. The molecule has 10 N–H and O–H groups in total. The van der Waals surface area contributed by atoms with Crippen LogP contribution in [-0.2, 0) is 14.4 Å². The third-order valence-electron chi connectivity index (χ3n) is 3.93. The molecule has 0 aliphatic rings. The first-order valence-corrected chi connectivity index (χ1v) is 9.18. The maximum atomic E-state index is 12.6. The van der Waals surface area contributed by atoms with Gasteiger partial charge in [-0.25, -0.2) is 0 Å². The number of nitrogens with zero attached hydrogens (tertiary/aromatic N) is 2. The van der Waals surface area contributed by atoms with E-state index in [1.165, 1.54) is 6.92 Å². The van der Waals surface area contributed by atoms with Crippen molar-refractivity contribution >= 4 is 29.5 Å². The Kier molecular flexibility index (Phi) is 12.2. The maximum absolute atomic E-state index is 12.6. The molecule has 0 saturated heterocycles. The number of nitrogens with one attached hydrogen (secondary N) is 1. The lowest BCUT2D eigenvalue weighted by atomic mass is 9.92. The number of rotatable bonds is 14. The summed E-state index contributed by atoms with van der Waals surface area (Å²) in [6, 6.07) is -1.64. The molecule has 3 atom stereocenters. The van der Waals surface area contributed by atoms with Crippen molar-refractivity contribution in [2.24, 2.45) is 38.8 Å². The number of Topliss-reactive ketones (excluding diaryl/α,β-unsaturated/α-hetero) is 1. The van der Waals surface area contributed by atoms with Gasteiger partial charge in [0.1, 0.15) is 0 Å². The van der Waals surface area contributed by atoms with Crippen molar-refractivity contribution < 1.29 is 19.5 Å². The molecular weight excluding hydrogens is 366 g/mol. The fourth-order valence-corrected chi connectivity index (χ4v) is 2.41. The van der Waals surface area contributed by atoms with Crippen molar-refractivity contribution in [1.29, 1.82) is 0 Å². The van der Waals surface area contributed by atoms with Crippen LogP contribution < -0.4 is 28.3 Å². The monoisotopic (exact) mass is 399 g/mol. The summed E-state index contributed by atoms with van der Waals surface area (Å²) in [7, 11) is 0. The Morgan fingerprint density at radius 1 is 1.04 bits per heavy atom. The maximum Gasteiger partial charge on any atom is 0.306 e. The van der Waals surface area contributed by atoms with Crippen LogP contribution in [0, 0.1) is 5.92 Å². The van der Waals surface area contributed by atoms with Gasteiger partial charge in [0.25, 0.3) is 0 Å². The molecule has 0 radical (unpaired) electrons. The number of amidine groups is 1. The first-order chi connectivity index (χ1) is 13.0. The lowest BCUT2D eigenvalue weighted by molar-refractivity contribution is -0.144. The molecule has 0 aliphatic carbocycles. The Hall–Kier alpha value is -2.69. The molecule has 0 saturated carbocycles. The molecule has 0 aliphatic heterocycles. The molecule has 11 heteroatoms. The molecule has 0 aromatic carbocycles. The number of carbonyl (C=O) groups is 3. The number of ketones is 1. The SMILES string of the molecule is CC(N)=NCCC[C@H](CC(=O)[C@@H](CCCN=C(N)N)NC(=O)[C@H](C)N)C(=O)O. The Bertz CT molecular complexity index is 582. The van der Waals surface area contributed by atoms with Crippen molar-refractivity contribution in [3.05, 3.63) is 0 Å². The summed E-state index contributed by atoms with van der Waals surface area (Å²) >= 11 is 0. The van der Waals surface area contributed by atoms with Gasteiger partial charge in [0, 0.05) is 19.5 Å². The Morgan fingerprint density at radius 3 is 2.11 bits per heavy atom. The second-order valence-electron chi connectivity index (χ2n) is 6.67. The largest absolute Gasteiger partial charge is 0.481 e. The lowest BCUT2D eigenvalue weighted by Gasteiger charge is -2.20. The molecule has 0 bridgehead atoms. The fourth-order valence-electron chi connectivity index (χ4n) is 2.41. The second-order valence-corrected chi connectivity index (χ2v) is 6.67. The fraction of sp³-hybridized carbons (Fsp3) is 0.706. The summed E-state index contributed by atoms with van der Waals surface area (Å²) in [4.78, 5) is 43.8. The minimum atomic E-state index is -1.07. The topological polar surface area (TPSA) is 212 Å². The number of hydrogen-bond acceptors (Lipinski definition) is 6. The second kappa shape index (κ2) is 13.5. The van der Waals surface area contributed by atoms with Crippen LogP contribution in [-0.4, -0.2) is 59.7 Å². The normalized spacial score (nSPS) is 14.6. The van der Waals surface area contributed by atoms with Crippen molar-refractivity contribution in [1.82, 2.24) is 5.32 Å². The van der Waals surface area contributed by atoms with E-state index in [0.717, 1.165) is 0 Å². The zero-order valence-electron chi connectivity index (χ0n) is 16.6. The Balaban J connectivity index is 4.93. The van der Waals surface area contributed by atoms with E-state index in [1.54, 1.807) is 6.92 Å². The van der Waals surface area contributed by atoms with Crippen molar-refractivity contribution in [2.45, 2.75) is 58.0 Å².